The zero-order valence-corrected chi connectivity index (χ0v) is 12.9. The van der Waals surface area contributed by atoms with Crippen molar-refractivity contribution in [3.8, 4) is 0 Å². The lowest BCUT2D eigenvalue weighted by Crippen LogP contribution is -2.64. The standard InChI is InChI=1S/C17H22O3/c1-11-6-7-17-15(5)9-8-14(15,4)12(18)16(11,17)10-19-13(2,3)20-17/h6,8-9H,7,10H2,1-5H3/t14-,15-,16+,17+/m1/s1. The number of hydrogen-bond donors (Lipinski definition) is 0. The predicted molar refractivity (Wildman–Crippen MR) is 75.0 cm³/mol. The Labute approximate surface area is 120 Å². The van der Waals surface area contributed by atoms with Crippen molar-refractivity contribution >= 4 is 5.78 Å². The molecule has 1 aliphatic heterocycles. The van der Waals surface area contributed by atoms with Crippen molar-refractivity contribution in [1.82, 2.24) is 0 Å². The van der Waals surface area contributed by atoms with E-state index >= 15 is 0 Å². The van der Waals surface area contributed by atoms with Gasteiger partial charge in [-0.2, -0.15) is 0 Å². The van der Waals surface area contributed by atoms with E-state index in [2.05, 4.69) is 39.0 Å². The number of carbonyl (C=O) groups excluding carboxylic acids is 1. The second-order valence-electron chi connectivity index (χ2n) is 7.68. The van der Waals surface area contributed by atoms with Gasteiger partial charge in [0.15, 0.2) is 11.6 Å². The lowest BCUT2D eigenvalue weighted by molar-refractivity contribution is -0.354. The molecular weight excluding hydrogens is 252 g/mol. The van der Waals surface area contributed by atoms with Gasteiger partial charge in [-0.05, 0) is 34.1 Å². The van der Waals surface area contributed by atoms with Crippen molar-refractivity contribution in [2.24, 2.45) is 16.2 Å². The highest BCUT2D eigenvalue weighted by atomic mass is 16.7. The molecule has 4 rings (SSSR count). The van der Waals surface area contributed by atoms with Crippen molar-refractivity contribution in [3.63, 3.8) is 0 Å². The normalized spacial score (nSPS) is 54.9. The van der Waals surface area contributed by atoms with E-state index in [4.69, 9.17) is 9.47 Å². The summed E-state index contributed by atoms with van der Waals surface area (Å²) in [5.74, 6) is -0.364. The van der Waals surface area contributed by atoms with Crippen LogP contribution < -0.4 is 0 Å². The van der Waals surface area contributed by atoms with Crippen LogP contribution in [0.3, 0.4) is 0 Å². The molecule has 0 bridgehead atoms. The fourth-order valence-corrected chi connectivity index (χ4v) is 5.14. The molecule has 1 heterocycles. The first-order chi connectivity index (χ1) is 9.15. The molecule has 0 unspecified atom stereocenters. The largest absolute Gasteiger partial charge is 0.349 e. The van der Waals surface area contributed by atoms with Crippen LogP contribution in [0.25, 0.3) is 0 Å². The van der Waals surface area contributed by atoms with Gasteiger partial charge in [-0.25, -0.2) is 0 Å². The monoisotopic (exact) mass is 274 g/mol. The molecule has 1 saturated carbocycles. The molecule has 0 aromatic rings. The van der Waals surface area contributed by atoms with Gasteiger partial charge in [-0.15, -0.1) is 0 Å². The summed E-state index contributed by atoms with van der Waals surface area (Å²) in [7, 11) is 0. The first-order valence-corrected chi connectivity index (χ1v) is 7.42. The SMILES string of the molecule is CC1=CC[C@@]23OC(C)(C)OC[C@@]12C(=O)[C@@]1(C)C=C[C@@]31C. The number of ketones is 1. The molecule has 0 amide bonds. The predicted octanol–water partition coefficient (Wildman–Crippen LogP) is 3.01. The van der Waals surface area contributed by atoms with E-state index < -0.39 is 22.2 Å². The molecule has 0 aromatic heterocycles. The van der Waals surface area contributed by atoms with E-state index in [1.807, 2.05) is 13.8 Å². The number of ether oxygens (including phenoxy) is 2. The molecule has 0 aromatic carbocycles. The molecule has 2 fully saturated rings. The Morgan fingerprint density at radius 2 is 1.85 bits per heavy atom. The van der Waals surface area contributed by atoms with Crippen LogP contribution in [-0.2, 0) is 14.3 Å². The number of allylic oxidation sites excluding steroid dienone is 1. The average Bonchev–Trinajstić information content (AvgIpc) is 2.71. The molecule has 0 spiro atoms. The molecule has 4 atom stereocenters. The molecular formula is C17H22O3. The van der Waals surface area contributed by atoms with Gasteiger partial charge in [0.25, 0.3) is 0 Å². The Bertz CT molecular complexity index is 601. The summed E-state index contributed by atoms with van der Waals surface area (Å²) in [6, 6.07) is 0. The first kappa shape index (κ1) is 12.8. The summed E-state index contributed by atoms with van der Waals surface area (Å²) in [6.07, 6.45) is 7.22. The number of rotatable bonds is 0. The van der Waals surface area contributed by atoms with Gasteiger partial charge in [-0.3, -0.25) is 4.79 Å². The maximum atomic E-state index is 13.3. The zero-order chi connectivity index (χ0) is 14.6. The third-order valence-corrected chi connectivity index (χ3v) is 6.64. The van der Waals surface area contributed by atoms with E-state index in [0.29, 0.717) is 6.61 Å². The van der Waals surface area contributed by atoms with Gasteiger partial charge in [0.2, 0.25) is 0 Å². The van der Waals surface area contributed by atoms with Gasteiger partial charge in [0.1, 0.15) is 11.0 Å². The van der Waals surface area contributed by atoms with Gasteiger partial charge >= 0.3 is 0 Å². The van der Waals surface area contributed by atoms with Crippen molar-refractivity contribution in [2.75, 3.05) is 6.61 Å². The van der Waals surface area contributed by atoms with Crippen LogP contribution in [0.5, 0.6) is 0 Å². The molecule has 3 aliphatic carbocycles. The third-order valence-electron chi connectivity index (χ3n) is 6.64. The molecule has 108 valence electrons. The van der Waals surface area contributed by atoms with E-state index in [1.165, 1.54) is 0 Å². The Hall–Kier alpha value is -0.930. The molecule has 0 radical (unpaired) electrons. The minimum Gasteiger partial charge on any atom is -0.349 e. The minimum absolute atomic E-state index is 0.244. The summed E-state index contributed by atoms with van der Waals surface area (Å²) in [5.41, 5.74) is -0.627. The molecule has 20 heavy (non-hydrogen) atoms. The van der Waals surface area contributed by atoms with E-state index in [0.717, 1.165) is 12.0 Å². The molecule has 1 saturated heterocycles. The van der Waals surface area contributed by atoms with Crippen LogP contribution in [0.4, 0.5) is 0 Å². The van der Waals surface area contributed by atoms with Crippen molar-refractivity contribution < 1.29 is 14.3 Å². The smallest absolute Gasteiger partial charge is 0.163 e. The van der Waals surface area contributed by atoms with Gasteiger partial charge < -0.3 is 9.47 Å². The van der Waals surface area contributed by atoms with Crippen LogP contribution in [0.1, 0.15) is 41.0 Å². The second-order valence-corrected chi connectivity index (χ2v) is 7.68. The van der Waals surface area contributed by atoms with E-state index in [1.54, 1.807) is 0 Å². The third kappa shape index (κ3) is 0.898. The van der Waals surface area contributed by atoms with Crippen LogP contribution in [-0.4, -0.2) is 23.8 Å². The minimum atomic E-state index is -0.639. The summed E-state index contributed by atoms with van der Waals surface area (Å²) in [4.78, 5) is 13.3. The van der Waals surface area contributed by atoms with Gasteiger partial charge in [0.05, 0.1) is 12.0 Å². The van der Waals surface area contributed by atoms with Gasteiger partial charge in [-0.1, -0.05) is 30.7 Å². The number of carbonyl (C=O) groups is 1. The highest BCUT2D eigenvalue weighted by molar-refractivity contribution is 6.02. The Morgan fingerprint density at radius 1 is 1.15 bits per heavy atom. The Balaban J connectivity index is 2.01. The van der Waals surface area contributed by atoms with Crippen molar-refractivity contribution in [3.05, 3.63) is 23.8 Å². The van der Waals surface area contributed by atoms with Crippen molar-refractivity contribution in [2.45, 2.75) is 52.4 Å². The molecule has 0 N–H and O–H groups in total. The van der Waals surface area contributed by atoms with Crippen molar-refractivity contribution in [1.29, 1.82) is 0 Å². The summed E-state index contributed by atoms with van der Waals surface area (Å²) in [5, 5.41) is 0. The maximum Gasteiger partial charge on any atom is 0.163 e. The van der Waals surface area contributed by atoms with Crippen LogP contribution in [0, 0.1) is 16.2 Å². The fourth-order valence-electron chi connectivity index (χ4n) is 5.14. The first-order valence-electron chi connectivity index (χ1n) is 7.42. The summed E-state index contributed by atoms with van der Waals surface area (Å²) < 4.78 is 12.4. The summed E-state index contributed by atoms with van der Waals surface area (Å²) >= 11 is 0. The quantitative estimate of drug-likeness (QED) is 0.637. The highest BCUT2D eigenvalue weighted by Crippen LogP contribution is 2.77. The zero-order valence-electron chi connectivity index (χ0n) is 12.9. The highest BCUT2D eigenvalue weighted by Gasteiger charge is 2.84. The summed E-state index contributed by atoms with van der Waals surface area (Å²) in [6.45, 7) is 10.6. The van der Waals surface area contributed by atoms with E-state index in [9.17, 15) is 4.79 Å². The lowest BCUT2D eigenvalue weighted by atomic mass is 9.54. The van der Waals surface area contributed by atoms with Crippen LogP contribution >= 0.6 is 0 Å². The molecule has 4 aliphatic rings. The maximum absolute atomic E-state index is 13.3. The number of hydrogen-bond acceptors (Lipinski definition) is 3. The number of fused-ring (bicyclic) bond motifs is 1. The second kappa shape index (κ2) is 2.97. The topological polar surface area (TPSA) is 35.5 Å². The number of Topliss-reactive ketones (excluding diaryl/α,β-unsaturated/α-hetero) is 1. The fraction of sp³-hybridized carbons (Fsp3) is 0.706. The Kier molecular flexibility index (Phi) is 1.90. The van der Waals surface area contributed by atoms with E-state index in [-0.39, 0.29) is 11.2 Å². The molecule has 3 nitrogen and oxygen atoms in total. The van der Waals surface area contributed by atoms with Crippen LogP contribution in [0.15, 0.2) is 23.8 Å². The molecule has 3 heteroatoms. The van der Waals surface area contributed by atoms with Gasteiger partial charge in [0, 0.05) is 5.41 Å². The van der Waals surface area contributed by atoms with Crippen LogP contribution in [0.2, 0.25) is 0 Å². The lowest BCUT2D eigenvalue weighted by Gasteiger charge is -2.58. The average molecular weight is 274 g/mol. The Morgan fingerprint density at radius 3 is 2.45 bits per heavy atom.